The van der Waals surface area contributed by atoms with Crippen molar-refractivity contribution in [3.63, 3.8) is 0 Å². The van der Waals surface area contributed by atoms with E-state index in [9.17, 15) is 10.1 Å². The number of nitrogens with one attached hydrogen (secondary N) is 1. The van der Waals surface area contributed by atoms with Crippen molar-refractivity contribution in [2.75, 3.05) is 23.3 Å². The second kappa shape index (κ2) is 8.41. The zero-order valence-corrected chi connectivity index (χ0v) is 15.1. The van der Waals surface area contributed by atoms with Crippen LogP contribution in [-0.4, -0.2) is 28.0 Å². The lowest BCUT2D eigenvalue weighted by atomic mass is 10.1. The first kappa shape index (κ1) is 18.6. The Balaban J connectivity index is 2.45. The first-order chi connectivity index (χ1) is 11.9. The third-order valence-corrected chi connectivity index (χ3v) is 3.49. The van der Waals surface area contributed by atoms with Gasteiger partial charge in [-0.05, 0) is 24.0 Å². The highest BCUT2D eigenvalue weighted by Crippen LogP contribution is 2.34. The molecule has 2 rings (SSSR count). The predicted octanol–water partition coefficient (Wildman–Crippen LogP) is 4.25. The van der Waals surface area contributed by atoms with Gasteiger partial charge in [-0.3, -0.25) is 10.1 Å². The fourth-order valence-electron chi connectivity index (χ4n) is 2.65. The molecule has 0 aliphatic heterocycles. The smallest absolute Gasteiger partial charge is 0.350 e. The maximum absolute atomic E-state index is 11.8. The van der Waals surface area contributed by atoms with Gasteiger partial charge in [-0.15, -0.1) is 0 Å². The van der Waals surface area contributed by atoms with Gasteiger partial charge >= 0.3 is 5.69 Å². The van der Waals surface area contributed by atoms with Gasteiger partial charge < -0.3 is 10.2 Å². The summed E-state index contributed by atoms with van der Waals surface area (Å²) in [6.07, 6.45) is 1.38. The molecule has 1 heterocycles. The molecule has 7 nitrogen and oxygen atoms in total. The Hall–Kier alpha value is -2.70. The molecule has 1 N–H and O–H groups in total. The third-order valence-electron chi connectivity index (χ3n) is 3.49. The summed E-state index contributed by atoms with van der Waals surface area (Å²) < 4.78 is 0. The normalized spacial score (nSPS) is 11.0. The van der Waals surface area contributed by atoms with Gasteiger partial charge in [0.15, 0.2) is 0 Å². The summed E-state index contributed by atoms with van der Waals surface area (Å²) in [5.41, 5.74) is 0.655. The number of benzene rings is 1. The molecule has 1 aromatic heterocycles. The monoisotopic (exact) mass is 343 g/mol. The Bertz CT molecular complexity index is 694. The fraction of sp³-hybridized carbons (Fsp3) is 0.444. The summed E-state index contributed by atoms with van der Waals surface area (Å²) in [4.78, 5) is 21.7. The van der Waals surface area contributed by atoms with E-state index >= 15 is 0 Å². The highest BCUT2D eigenvalue weighted by atomic mass is 16.6. The molecule has 0 aliphatic rings. The number of rotatable bonds is 8. The topological polar surface area (TPSA) is 84.2 Å². The second-order valence-electron chi connectivity index (χ2n) is 6.84. The molecule has 134 valence electrons. The van der Waals surface area contributed by atoms with E-state index in [1.54, 1.807) is 0 Å². The quantitative estimate of drug-likeness (QED) is 0.570. The van der Waals surface area contributed by atoms with Crippen molar-refractivity contribution in [2.24, 2.45) is 11.8 Å². The maximum atomic E-state index is 11.8. The summed E-state index contributed by atoms with van der Waals surface area (Å²) >= 11 is 0. The number of aromatic nitrogens is 2. The highest BCUT2D eigenvalue weighted by molar-refractivity contribution is 5.74. The van der Waals surface area contributed by atoms with Crippen molar-refractivity contribution in [2.45, 2.75) is 27.7 Å². The second-order valence-corrected chi connectivity index (χ2v) is 6.84. The minimum absolute atomic E-state index is 0.0901. The van der Waals surface area contributed by atoms with Gasteiger partial charge in [0, 0.05) is 18.8 Å². The zero-order chi connectivity index (χ0) is 18.4. The minimum Gasteiger partial charge on any atom is -0.350 e. The van der Waals surface area contributed by atoms with Crippen LogP contribution in [0.2, 0.25) is 0 Å². The van der Waals surface area contributed by atoms with Crippen LogP contribution in [0.4, 0.5) is 23.0 Å². The molecular formula is C18H25N5O2. The van der Waals surface area contributed by atoms with Crippen molar-refractivity contribution in [1.82, 2.24) is 9.97 Å². The summed E-state index contributed by atoms with van der Waals surface area (Å²) in [5, 5.41) is 14.8. The van der Waals surface area contributed by atoms with Crippen LogP contribution in [0.1, 0.15) is 27.7 Å². The third kappa shape index (κ3) is 5.14. The van der Waals surface area contributed by atoms with Gasteiger partial charge in [-0.25, -0.2) is 9.97 Å². The first-order valence-electron chi connectivity index (χ1n) is 8.45. The van der Waals surface area contributed by atoms with Gasteiger partial charge in [0.2, 0.25) is 11.6 Å². The SMILES string of the molecule is CC(C)CN(CC(C)C)c1ncnc(Nc2ccccc2)c1[N+](=O)[O-]. The predicted molar refractivity (Wildman–Crippen MR) is 100 cm³/mol. The van der Waals surface area contributed by atoms with Gasteiger partial charge in [-0.2, -0.15) is 0 Å². The van der Waals surface area contributed by atoms with Crippen LogP contribution in [0.3, 0.4) is 0 Å². The summed E-state index contributed by atoms with van der Waals surface area (Å²) in [6.45, 7) is 9.74. The molecule has 0 saturated heterocycles. The van der Waals surface area contributed by atoms with Crippen molar-refractivity contribution >= 4 is 23.0 Å². The average Bonchev–Trinajstić information content (AvgIpc) is 2.54. The van der Waals surface area contributed by atoms with Crippen molar-refractivity contribution in [3.05, 3.63) is 46.8 Å². The molecule has 0 fully saturated rings. The molecule has 1 aromatic carbocycles. The van der Waals surface area contributed by atoms with Crippen LogP contribution >= 0.6 is 0 Å². The molecule has 25 heavy (non-hydrogen) atoms. The number of hydrogen-bond acceptors (Lipinski definition) is 6. The largest absolute Gasteiger partial charge is 0.353 e. The molecular weight excluding hydrogens is 318 g/mol. The molecule has 0 saturated carbocycles. The van der Waals surface area contributed by atoms with Crippen LogP contribution in [-0.2, 0) is 0 Å². The van der Waals surface area contributed by atoms with Gasteiger partial charge in [0.25, 0.3) is 0 Å². The van der Waals surface area contributed by atoms with Gasteiger partial charge in [0.1, 0.15) is 6.33 Å². The van der Waals surface area contributed by atoms with E-state index in [0.29, 0.717) is 30.7 Å². The Labute approximate surface area is 148 Å². The molecule has 0 bridgehead atoms. The van der Waals surface area contributed by atoms with Crippen LogP contribution in [0.25, 0.3) is 0 Å². The van der Waals surface area contributed by atoms with Crippen molar-refractivity contribution in [3.8, 4) is 0 Å². The molecule has 0 spiro atoms. The van der Waals surface area contributed by atoms with E-state index in [1.807, 2.05) is 35.2 Å². The van der Waals surface area contributed by atoms with E-state index in [4.69, 9.17) is 0 Å². The first-order valence-corrected chi connectivity index (χ1v) is 8.45. The number of nitrogens with zero attached hydrogens (tertiary/aromatic N) is 4. The lowest BCUT2D eigenvalue weighted by molar-refractivity contribution is -0.383. The molecule has 0 atom stereocenters. The summed E-state index contributed by atoms with van der Waals surface area (Å²) in [6, 6.07) is 9.29. The van der Waals surface area contributed by atoms with E-state index < -0.39 is 4.92 Å². The number of anilines is 3. The standard InChI is InChI=1S/C18H25N5O2/c1-13(2)10-22(11-14(3)4)18-16(23(24)25)17(19-12-20-18)21-15-8-6-5-7-9-15/h5-9,12-14H,10-11H2,1-4H3,(H,19,20,21). The fourth-order valence-corrected chi connectivity index (χ4v) is 2.65. The average molecular weight is 343 g/mol. The number of para-hydroxylation sites is 1. The number of hydrogen-bond donors (Lipinski definition) is 1. The molecule has 2 aromatic rings. The Morgan fingerprint density at radius 2 is 1.68 bits per heavy atom. The molecule has 7 heteroatoms. The Morgan fingerprint density at radius 3 is 2.20 bits per heavy atom. The molecule has 0 amide bonds. The van der Waals surface area contributed by atoms with Crippen LogP contribution in [0, 0.1) is 22.0 Å². The maximum Gasteiger partial charge on any atom is 0.353 e. The molecule has 0 aliphatic carbocycles. The molecule has 0 radical (unpaired) electrons. The summed E-state index contributed by atoms with van der Waals surface area (Å²) in [7, 11) is 0. The van der Waals surface area contributed by atoms with Crippen LogP contribution in [0.15, 0.2) is 36.7 Å². The summed E-state index contributed by atoms with van der Waals surface area (Å²) in [5.74, 6) is 1.29. The van der Waals surface area contributed by atoms with Crippen molar-refractivity contribution in [1.29, 1.82) is 0 Å². The van der Waals surface area contributed by atoms with E-state index in [-0.39, 0.29) is 11.5 Å². The lowest BCUT2D eigenvalue weighted by Gasteiger charge is -2.27. The Kier molecular flexibility index (Phi) is 6.27. The van der Waals surface area contributed by atoms with Crippen LogP contribution < -0.4 is 10.2 Å². The van der Waals surface area contributed by atoms with E-state index in [0.717, 1.165) is 5.69 Å². The van der Waals surface area contributed by atoms with Gasteiger partial charge in [0.05, 0.1) is 4.92 Å². The zero-order valence-electron chi connectivity index (χ0n) is 15.1. The van der Waals surface area contributed by atoms with E-state index in [2.05, 4.69) is 43.0 Å². The minimum atomic E-state index is -0.408. The number of nitro groups is 1. The molecule has 0 unspecified atom stereocenters. The Morgan fingerprint density at radius 1 is 1.08 bits per heavy atom. The van der Waals surface area contributed by atoms with E-state index in [1.165, 1.54) is 6.33 Å². The lowest BCUT2D eigenvalue weighted by Crippen LogP contribution is -2.32. The van der Waals surface area contributed by atoms with Crippen molar-refractivity contribution < 1.29 is 4.92 Å². The highest BCUT2D eigenvalue weighted by Gasteiger charge is 2.28. The van der Waals surface area contributed by atoms with Crippen LogP contribution in [0.5, 0.6) is 0 Å². The van der Waals surface area contributed by atoms with Gasteiger partial charge in [-0.1, -0.05) is 45.9 Å².